The van der Waals surface area contributed by atoms with E-state index in [0.29, 0.717) is 17.6 Å². The Morgan fingerprint density at radius 1 is 1.03 bits per heavy atom. The van der Waals surface area contributed by atoms with Gasteiger partial charge in [-0.15, -0.1) is 6.58 Å². The molecule has 2 aromatic carbocycles. The molecule has 0 fully saturated rings. The largest absolute Gasteiger partial charge is 0.483 e. The fourth-order valence-electron chi connectivity index (χ4n) is 2.43. The van der Waals surface area contributed by atoms with Crippen LogP contribution in [-0.4, -0.2) is 37.4 Å². The number of nitrogens with zero attached hydrogens (tertiary/aromatic N) is 1. The zero-order valence-electron chi connectivity index (χ0n) is 15.5. The van der Waals surface area contributed by atoms with Crippen molar-refractivity contribution < 1.29 is 27.1 Å². The van der Waals surface area contributed by atoms with Crippen molar-refractivity contribution in [2.75, 3.05) is 26.7 Å². The van der Waals surface area contributed by atoms with Gasteiger partial charge < -0.3 is 4.74 Å². The summed E-state index contributed by atoms with van der Waals surface area (Å²) in [6.45, 7) is 4.44. The quantitative estimate of drug-likeness (QED) is 0.215. The fourth-order valence-corrected chi connectivity index (χ4v) is 2.70. The molecule has 29 heavy (non-hydrogen) atoms. The van der Waals surface area contributed by atoms with Crippen LogP contribution in [0.15, 0.2) is 53.5 Å². The molecule has 0 saturated carbocycles. The van der Waals surface area contributed by atoms with Gasteiger partial charge in [0.15, 0.2) is 23.2 Å². The number of likely N-dealkylation sites (N-methyl/N-ethyl adjacent to an activating group) is 1. The summed E-state index contributed by atoms with van der Waals surface area (Å²) in [5.74, 6) is -9.52. The lowest BCUT2D eigenvalue weighted by atomic mass is 10.0. The first-order valence-electron chi connectivity index (χ1n) is 8.51. The summed E-state index contributed by atoms with van der Waals surface area (Å²) in [6.07, 6.45) is 4.82. The van der Waals surface area contributed by atoms with Crippen LogP contribution < -0.4 is 4.74 Å². The molecule has 0 heterocycles. The Labute approximate surface area is 174 Å². The minimum atomic E-state index is -1.80. The predicted octanol–water partition coefficient (Wildman–Crippen LogP) is 5.29. The van der Waals surface area contributed by atoms with Gasteiger partial charge in [-0.25, -0.2) is 8.78 Å². The van der Waals surface area contributed by atoms with Gasteiger partial charge in [-0.05, 0) is 31.3 Å². The number of carbonyl (C=O) groups excluding carboxylic acids is 1. The summed E-state index contributed by atoms with van der Waals surface area (Å²) < 4.78 is 62.7. The van der Waals surface area contributed by atoms with Gasteiger partial charge in [-0.3, -0.25) is 9.69 Å². The Balaban J connectivity index is 2.23. The van der Waals surface area contributed by atoms with Crippen LogP contribution in [0.4, 0.5) is 17.6 Å². The van der Waals surface area contributed by atoms with Gasteiger partial charge in [-0.1, -0.05) is 34.2 Å². The molecule has 0 spiro atoms. The minimum absolute atomic E-state index is 0.120. The van der Waals surface area contributed by atoms with Crippen molar-refractivity contribution in [3.63, 3.8) is 0 Å². The van der Waals surface area contributed by atoms with E-state index < -0.39 is 40.4 Å². The highest BCUT2D eigenvalue weighted by Crippen LogP contribution is 2.31. The standard InChI is InChI=1S/C21H18BrF4NO2/c1-3-10-27(2)11-4-5-12-29-21-18(25)16(23)15(17(24)19(21)26)20(28)13-6-8-14(22)9-7-13/h3-9H,1,10-12H2,2H3/b5-4+. The molecule has 8 heteroatoms. The first-order chi connectivity index (χ1) is 13.8. The second-order valence-electron chi connectivity index (χ2n) is 6.09. The van der Waals surface area contributed by atoms with E-state index >= 15 is 0 Å². The van der Waals surface area contributed by atoms with Crippen molar-refractivity contribution >= 4 is 21.7 Å². The Kier molecular flexibility index (Phi) is 8.16. The summed E-state index contributed by atoms with van der Waals surface area (Å²) in [4.78, 5) is 14.2. The first-order valence-corrected chi connectivity index (χ1v) is 9.30. The number of ketones is 1. The number of hydrogen-bond donors (Lipinski definition) is 0. The van der Waals surface area contributed by atoms with Crippen LogP contribution in [0.5, 0.6) is 5.75 Å². The van der Waals surface area contributed by atoms with Crippen molar-refractivity contribution in [1.29, 1.82) is 0 Å². The maximum atomic E-state index is 14.4. The van der Waals surface area contributed by atoms with Crippen molar-refractivity contribution in [3.05, 3.63) is 87.9 Å². The molecule has 0 saturated heterocycles. The highest BCUT2D eigenvalue weighted by molar-refractivity contribution is 9.10. The molecule has 3 nitrogen and oxygen atoms in total. The third-order valence-corrected chi connectivity index (χ3v) is 4.43. The lowest BCUT2D eigenvalue weighted by molar-refractivity contribution is 0.102. The second-order valence-corrected chi connectivity index (χ2v) is 7.00. The van der Waals surface area contributed by atoms with Crippen molar-refractivity contribution in [2.45, 2.75) is 0 Å². The number of rotatable bonds is 9. The molecule has 154 valence electrons. The molecular weight excluding hydrogens is 454 g/mol. The van der Waals surface area contributed by atoms with E-state index in [1.54, 1.807) is 12.2 Å². The topological polar surface area (TPSA) is 29.5 Å². The number of benzene rings is 2. The van der Waals surface area contributed by atoms with Crippen molar-refractivity contribution in [1.82, 2.24) is 4.90 Å². The van der Waals surface area contributed by atoms with Crippen molar-refractivity contribution in [3.8, 4) is 5.75 Å². The molecule has 2 rings (SSSR count). The predicted molar refractivity (Wildman–Crippen MR) is 106 cm³/mol. The van der Waals surface area contributed by atoms with Gasteiger partial charge in [0.25, 0.3) is 0 Å². The zero-order chi connectivity index (χ0) is 21.6. The maximum Gasteiger partial charge on any atom is 0.204 e. The van der Waals surface area contributed by atoms with Gasteiger partial charge in [0, 0.05) is 23.1 Å². The van der Waals surface area contributed by atoms with E-state index in [2.05, 4.69) is 22.5 Å². The first kappa shape index (κ1) is 22.8. The van der Waals surface area contributed by atoms with E-state index in [1.165, 1.54) is 30.3 Å². The molecule has 0 bridgehead atoms. The van der Waals surface area contributed by atoms with E-state index in [1.807, 2.05) is 11.9 Å². The molecule has 0 N–H and O–H groups in total. The number of ether oxygens (including phenoxy) is 1. The third-order valence-electron chi connectivity index (χ3n) is 3.90. The molecular formula is C21H18BrF4NO2. The van der Waals surface area contributed by atoms with E-state index in [4.69, 9.17) is 4.74 Å². The van der Waals surface area contributed by atoms with Crippen LogP contribution in [-0.2, 0) is 0 Å². The monoisotopic (exact) mass is 471 g/mol. The summed E-state index contributed by atoms with van der Waals surface area (Å²) in [7, 11) is 1.83. The highest BCUT2D eigenvalue weighted by atomic mass is 79.9. The Morgan fingerprint density at radius 2 is 1.62 bits per heavy atom. The Morgan fingerprint density at radius 3 is 2.17 bits per heavy atom. The normalized spacial score (nSPS) is 11.3. The molecule has 0 aliphatic rings. The average Bonchev–Trinajstić information content (AvgIpc) is 2.69. The van der Waals surface area contributed by atoms with E-state index in [-0.39, 0.29) is 12.2 Å². The molecule has 0 unspecified atom stereocenters. The second kappa shape index (κ2) is 10.4. The smallest absolute Gasteiger partial charge is 0.204 e. The van der Waals surface area contributed by atoms with Gasteiger partial charge in [0.2, 0.25) is 11.6 Å². The molecule has 2 aromatic rings. The van der Waals surface area contributed by atoms with Crippen LogP contribution in [0.2, 0.25) is 0 Å². The van der Waals surface area contributed by atoms with E-state index in [9.17, 15) is 22.4 Å². The Hall–Kier alpha value is -2.45. The van der Waals surface area contributed by atoms with Crippen LogP contribution in [0, 0.1) is 23.3 Å². The minimum Gasteiger partial charge on any atom is -0.483 e. The summed E-state index contributed by atoms with van der Waals surface area (Å²) in [6, 6.07) is 5.48. The third kappa shape index (κ3) is 5.55. The number of halogens is 5. The lowest BCUT2D eigenvalue weighted by Gasteiger charge is -2.12. The average molecular weight is 472 g/mol. The molecule has 0 aliphatic carbocycles. The SMILES string of the molecule is C=CCN(C)C/C=C/COc1c(F)c(F)c(C(=O)c2ccc(Br)cc2)c(F)c1F. The van der Waals surface area contributed by atoms with Gasteiger partial charge in [0.1, 0.15) is 12.2 Å². The molecule has 0 aliphatic heterocycles. The van der Waals surface area contributed by atoms with Gasteiger partial charge in [-0.2, -0.15) is 8.78 Å². The molecule has 0 aromatic heterocycles. The van der Waals surface area contributed by atoms with Crippen LogP contribution in [0.1, 0.15) is 15.9 Å². The Bertz CT molecular complexity index is 900. The van der Waals surface area contributed by atoms with Gasteiger partial charge in [0.05, 0.1) is 0 Å². The maximum absolute atomic E-state index is 14.4. The van der Waals surface area contributed by atoms with E-state index in [0.717, 1.165) is 0 Å². The zero-order valence-corrected chi connectivity index (χ0v) is 17.1. The summed E-state index contributed by atoms with van der Waals surface area (Å²) in [5.41, 5.74) is -1.43. The fraction of sp³-hybridized carbons (Fsp3) is 0.190. The van der Waals surface area contributed by atoms with Gasteiger partial charge >= 0.3 is 0 Å². The number of carbonyl (C=O) groups is 1. The summed E-state index contributed by atoms with van der Waals surface area (Å²) in [5, 5.41) is 0. The van der Waals surface area contributed by atoms with Crippen LogP contribution in [0.3, 0.4) is 0 Å². The van der Waals surface area contributed by atoms with Crippen molar-refractivity contribution in [2.24, 2.45) is 0 Å². The lowest BCUT2D eigenvalue weighted by Crippen LogP contribution is -2.18. The summed E-state index contributed by atoms with van der Waals surface area (Å²) >= 11 is 3.15. The van der Waals surface area contributed by atoms with Crippen LogP contribution >= 0.6 is 15.9 Å². The molecule has 0 atom stereocenters. The van der Waals surface area contributed by atoms with Crippen LogP contribution in [0.25, 0.3) is 0 Å². The molecule has 0 amide bonds. The molecule has 0 radical (unpaired) electrons. The number of hydrogen-bond acceptors (Lipinski definition) is 3. The highest BCUT2D eigenvalue weighted by Gasteiger charge is 2.30.